The van der Waals surface area contributed by atoms with Crippen LogP contribution in [0.3, 0.4) is 0 Å². The molecule has 6 fully saturated rings. The van der Waals surface area contributed by atoms with Gasteiger partial charge in [-0.2, -0.15) is 0 Å². The first kappa shape index (κ1) is 87.0. The van der Waals surface area contributed by atoms with Crippen molar-refractivity contribution >= 4 is 94.1 Å². The zero-order valence-corrected chi connectivity index (χ0v) is 67.2. The van der Waals surface area contributed by atoms with E-state index in [1.807, 2.05) is 47.6 Å². The lowest BCUT2D eigenvalue weighted by atomic mass is 9.58. The molecular weight excluding hydrogens is 1410 g/mol. The van der Waals surface area contributed by atoms with Gasteiger partial charge < -0.3 is 64.8 Å². The molecule has 1 spiro atoms. The molecule has 0 aromatic heterocycles. The summed E-state index contributed by atoms with van der Waals surface area (Å²) in [5.41, 5.74) is -2.13. The van der Waals surface area contributed by atoms with Crippen molar-refractivity contribution in [3.8, 4) is 0 Å². The third-order valence-corrected chi connectivity index (χ3v) is 25.4. The lowest BCUT2D eigenvalue weighted by Crippen LogP contribution is -2.71. The second kappa shape index (κ2) is 38.4. The van der Waals surface area contributed by atoms with E-state index in [2.05, 4.69) is 16.0 Å². The van der Waals surface area contributed by atoms with Gasteiger partial charge >= 0.3 is 0 Å². The summed E-state index contributed by atoms with van der Waals surface area (Å²) in [6.45, 7) is 14.6. The molecule has 106 heavy (non-hydrogen) atoms. The fourth-order valence-electron chi connectivity index (χ4n) is 17.8. The van der Waals surface area contributed by atoms with Crippen LogP contribution in [0.25, 0.3) is 0 Å². The van der Waals surface area contributed by atoms with Crippen LogP contribution in [0, 0.1) is 35.0 Å². The number of carbonyl (C=O) groups excluding carboxylic acids is 12. The number of likely N-dealkylation sites (N-methyl/N-ethyl adjacent to an activating group) is 6. The van der Waals surface area contributed by atoms with Crippen LogP contribution in [0.15, 0.2) is 12.2 Å². The standard InChI is InChI=1S/C77H124Cl2F2N12O13/c1-16-25-55-66(96)83-63(46(6)17-2)73(103)91-37-24-27-57(91)71(101)88(13)56-26-22-21-23-36-92(72(56)102)60(39-48-28-32-50(33-29-48)65(80)81)70(100)86(11)43-61(94)82-54(35-31-47-30-34-52(78)53(79)38-47)68(98)93-42-51(106-20-5)40-58(93)67(97)84-77(44-76(7,8)45-77)75(105)90(15)64(49(18-3)19-4)74(104)89(14)59(69(99)85(9)10)41-62(95)87(55)12/h21-22,46-60,63-65H,16-20,23-45H2,1-15H3,(H,82,94)(H,83,96)(H,84,97)/b22-21-/t46-,47?,48?,50?,51+,52?,53?,54-,55-,56-,57-,58-,59-,60-,63-,64-/m0/s1. The Labute approximate surface area is 637 Å². The maximum absolute atomic E-state index is 15.8. The second-order valence-electron chi connectivity index (χ2n) is 32.6. The van der Waals surface area contributed by atoms with Crippen LogP contribution in [0.4, 0.5) is 8.78 Å². The summed E-state index contributed by atoms with van der Waals surface area (Å²) >= 11 is 13.3. The number of nitrogens with zero attached hydrogens (tertiary/aromatic N) is 9. The first-order valence-corrected chi connectivity index (χ1v) is 40.1. The Bertz CT molecular complexity index is 3150. The average Bonchev–Trinajstić information content (AvgIpc) is 0.976. The summed E-state index contributed by atoms with van der Waals surface area (Å²) < 4.78 is 34.5. The highest BCUT2D eigenvalue weighted by Crippen LogP contribution is 2.50. The van der Waals surface area contributed by atoms with Crippen molar-refractivity contribution in [2.45, 2.75) is 286 Å². The summed E-state index contributed by atoms with van der Waals surface area (Å²) in [5.74, 6) is -9.73. The molecule has 3 unspecified atom stereocenters. The quantitative estimate of drug-likeness (QED) is 0.104. The van der Waals surface area contributed by atoms with Crippen LogP contribution < -0.4 is 16.0 Å². The van der Waals surface area contributed by atoms with Gasteiger partial charge in [-0.15, -0.1) is 23.2 Å². The Morgan fingerprint density at radius 3 is 1.91 bits per heavy atom. The van der Waals surface area contributed by atoms with Gasteiger partial charge in [0.25, 0.3) is 0 Å². The van der Waals surface area contributed by atoms with Crippen molar-refractivity contribution < 1.29 is 71.1 Å². The normalized spacial score (nSPS) is 32.2. The van der Waals surface area contributed by atoms with Gasteiger partial charge in [-0.25, -0.2) is 8.78 Å². The summed E-state index contributed by atoms with van der Waals surface area (Å²) in [5, 5.41) is 8.42. The summed E-state index contributed by atoms with van der Waals surface area (Å²) in [6, 6.07) is -11.2. The summed E-state index contributed by atoms with van der Waals surface area (Å²) in [6.07, 6.45) is 6.23. The average molecular weight is 1530 g/mol. The van der Waals surface area contributed by atoms with Crippen LogP contribution in [-0.4, -0.2) is 280 Å². The van der Waals surface area contributed by atoms with Crippen LogP contribution in [0.1, 0.15) is 203 Å². The fourth-order valence-corrected chi connectivity index (χ4v) is 18.4. The predicted octanol–water partition coefficient (Wildman–Crippen LogP) is 6.97. The third-order valence-electron chi connectivity index (χ3n) is 24.3. The minimum atomic E-state index is -2.54. The fraction of sp³-hybridized carbons (Fsp3) is 0.818. The smallest absolute Gasteiger partial charge is 0.248 e. The van der Waals surface area contributed by atoms with Gasteiger partial charge in [-0.1, -0.05) is 86.3 Å². The van der Waals surface area contributed by atoms with E-state index in [0.717, 1.165) is 0 Å². The van der Waals surface area contributed by atoms with Crippen molar-refractivity contribution in [1.29, 1.82) is 0 Å². The maximum Gasteiger partial charge on any atom is 0.248 e. The molecule has 29 heteroatoms. The molecule has 2 bridgehead atoms. The van der Waals surface area contributed by atoms with Crippen molar-refractivity contribution in [2.75, 3.05) is 82.1 Å². The van der Waals surface area contributed by atoms with E-state index >= 15 is 38.4 Å². The third kappa shape index (κ3) is 20.6. The minimum absolute atomic E-state index is 0.00400. The Kier molecular flexibility index (Phi) is 31.5. The van der Waals surface area contributed by atoms with E-state index < -0.39 is 179 Å². The molecule has 7 rings (SSSR count). The van der Waals surface area contributed by atoms with Gasteiger partial charge in [0.2, 0.25) is 77.3 Å². The molecule has 4 aliphatic heterocycles. The Morgan fingerprint density at radius 2 is 1.31 bits per heavy atom. The number of amides is 12. The molecule has 3 aliphatic carbocycles. The SMILES string of the molecule is CCC[C@H]1C(=O)N[C@@H]([C@@H](C)CC)C(=O)N2CCC[C@H]2C(=O)N(C)[C@H]2C/C=C\CCN(C2=O)[C@@H](CC2CCC(C(F)F)CC2)C(=O)N(C)CC(=O)N[C@@H](CCC2CCC(Cl)C(Cl)C2)C(=O)N2C[C@H](OCC)C[C@H]2C(=O)NC2(CC(C)(C)C2)C(=O)N(C)[C@@H](C(CC)CC)C(=O)N(C)[C@H](C(=O)N(C)C)CC(=O)N1C. The van der Waals surface area contributed by atoms with Crippen LogP contribution >= 0.6 is 23.2 Å². The number of hydrogen-bond acceptors (Lipinski definition) is 13. The van der Waals surface area contributed by atoms with Gasteiger partial charge in [0, 0.05) is 93.3 Å². The predicted molar refractivity (Wildman–Crippen MR) is 399 cm³/mol. The second-order valence-corrected chi connectivity index (χ2v) is 33.7. The number of halogens is 4. The van der Waals surface area contributed by atoms with E-state index in [-0.39, 0.29) is 113 Å². The van der Waals surface area contributed by atoms with Gasteiger partial charge in [0.05, 0.1) is 24.4 Å². The number of ether oxygens (including phenoxy) is 1. The zero-order valence-electron chi connectivity index (χ0n) is 65.7. The van der Waals surface area contributed by atoms with Gasteiger partial charge in [-0.3, -0.25) is 57.5 Å². The summed E-state index contributed by atoms with van der Waals surface area (Å²) in [4.78, 5) is 195. The lowest BCUT2D eigenvalue weighted by molar-refractivity contribution is -0.161. The zero-order chi connectivity index (χ0) is 78.6. The number of nitrogens with one attached hydrogen (secondary N) is 3. The Balaban J connectivity index is 1.34. The molecule has 12 amide bonds. The molecule has 4 heterocycles. The molecule has 25 nitrogen and oxygen atoms in total. The van der Waals surface area contributed by atoms with E-state index in [4.69, 9.17) is 27.9 Å². The van der Waals surface area contributed by atoms with Gasteiger partial charge in [0.15, 0.2) is 0 Å². The van der Waals surface area contributed by atoms with E-state index in [0.29, 0.717) is 77.0 Å². The molecule has 3 saturated carbocycles. The number of carbonyl (C=O) groups is 12. The number of rotatable bonds is 16. The van der Waals surface area contributed by atoms with E-state index in [1.54, 1.807) is 19.9 Å². The molecule has 14 atom stereocenters. The van der Waals surface area contributed by atoms with E-state index in [9.17, 15) is 28.0 Å². The molecule has 3 N–H and O–H groups in total. The number of alkyl halides is 4. The van der Waals surface area contributed by atoms with Crippen LogP contribution in [-0.2, 0) is 62.3 Å². The maximum atomic E-state index is 15.8. The van der Waals surface area contributed by atoms with Crippen molar-refractivity contribution in [2.24, 2.45) is 35.0 Å². The highest BCUT2D eigenvalue weighted by Gasteiger charge is 2.59. The number of fused-ring (bicyclic) bond motifs is 4. The first-order chi connectivity index (χ1) is 50.0. The molecular formula is C77H124Cl2F2N12O13. The minimum Gasteiger partial charge on any atom is -0.377 e. The van der Waals surface area contributed by atoms with Crippen LogP contribution in [0.5, 0.6) is 0 Å². The topological polar surface area (TPSA) is 279 Å². The van der Waals surface area contributed by atoms with Gasteiger partial charge in [0.1, 0.15) is 59.9 Å². The largest absolute Gasteiger partial charge is 0.377 e. The van der Waals surface area contributed by atoms with Crippen molar-refractivity contribution in [3.63, 3.8) is 0 Å². The Morgan fingerprint density at radius 1 is 0.651 bits per heavy atom. The first-order valence-electron chi connectivity index (χ1n) is 39.2. The van der Waals surface area contributed by atoms with Gasteiger partial charge in [-0.05, 0) is 145 Å². The molecule has 0 aromatic rings. The van der Waals surface area contributed by atoms with Crippen LogP contribution in [0.2, 0.25) is 0 Å². The monoisotopic (exact) mass is 1530 g/mol. The van der Waals surface area contributed by atoms with Crippen molar-refractivity contribution in [3.05, 3.63) is 12.2 Å². The highest BCUT2D eigenvalue weighted by molar-refractivity contribution is 6.30. The summed E-state index contributed by atoms with van der Waals surface area (Å²) in [7, 11) is 10.2. The van der Waals surface area contributed by atoms with E-state index in [1.165, 1.54) is 93.4 Å². The molecule has 7 aliphatic rings. The molecule has 0 aromatic carbocycles. The molecule has 598 valence electrons. The van der Waals surface area contributed by atoms with Crippen molar-refractivity contribution in [1.82, 2.24) is 60.0 Å². The highest BCUT2D eigenvalue weighted by atomic mass is 35.5. The number of hydrogen-bond donors (Lipinski definition) is 3. The molecule has 0 radical (unpaired) electrons. The lowest BCUT2D eigenvalue weighted by Gasteiger charge is -2.54. The Hall–Kier alpha value is -6.22. The molecule has 3 saturated heterocycles.